The number of fused-ring (bicyclic) bond motifs is 3. The van der Waals surface area contributed by atoms with Gasteiger partial charge in [0.25, 0.3) is 7.37 Å². The standard InChI is InChI=1S/C84H81O14P/c1-52-36-62(37-53(2)78(52)92-46-70-44-90-70)64-40-56(5)80(57(6)41-64)94-50-72(96-82(85)60-20-12-10-13-21-60)48-88-68-32-28-66(29-33-68)84(9,99(87)77-27-19-17-25-75(77)74-24-16-18-26-76(74)98-99)67-30-34-69(35-31-67)89-49-73(97-83(86)61-22-14-11-15-23-61)51-95-81-58(7)42-65(43-59(81)8)63-38-54(3)79(55(4)39-63)93-47-71-45-91-71/h10-43,70-73H,44-51H2,1-9H3. The third-order valence-corrected chi connectivity index (χ3v) is 21.6. The third kappa shape index (κ3) is 15.0. The van der Waals surface area contributed by atoms with Crippen LogP contribution in [0.4, 0.5) is 0 Å². The number of rotatable bonds is 27. The molecule has 99 heavy (non-hydrogen) atoms. The first-order valence-corrected chi connectivity index (χ1v) is 35.2. The molecular formula is C84H81O14P. The van der Waals surface area contributed by atoms with Crippen LogP contribution in [-0.2, 0) is 28.7 Å². The molecule has 5 atom stereocenters. The SMILES string of the molecule is Cc1cc(-c2cc(C)c(OCC(COc3ccc(C(C)(c4ccc(OCC(COc5c(C)cc(-c6cc(C)c(OCC7CO7)c(C)c6)cc5C)OC(=O)c5ccccc5)cc4)P4(=O)Oc5ccccc5-c5ccccc54)cc3)OC(=O)c3ccccc3)c(C)c2)cc(C)c1OCC1CO1. The Morgan fingerprint density at radius 2 is 0.737 bits per heavy atom. The highest BCUT2D eigenvalue weighted by Crippen LogP contribution is 2.69. The van der Waals surface area contributed by atoms with Gasteiger partial charge in [-0.25, -0.2) is 9.59 Å². The van der Waals surface area contributed by atoms with Crippen molar-refractivity contribution in [1.82, 2.24) is 0 Å². The zero-order valence-corrected chi connectivity index (χ0v) is 58.2. The molecule has 0 spiro atoms. The number of hydrogen-bond donors (Lipinski definition) is 0. The fourth-order valence-electron chi connectivity index (χ4n) is 13.1. The van der Waals surface area contributed by atoms with Gasteiger partial charge in [0.15, 0.2) is 12.2 Å². The van der Waals surface area contributed by atoms with E-state index in [0.717, 1.165) is 103 Å². The molecule has 10 aromatic rings. The van der Waals surface area contributed by atoms with Crippen LogP contribution in [0.25, 0.3) is 33.4 Å². The summed E-state index contributed by atoms with van der Waals surface area (Å²) < 4.78 is 85.1. The molecule has 506 valence electrons. The summed E-state index contributed by atoms with van der Waals surface area (Å²) in [6.45, 7) is 20.7. The maximum absolute atomic E-state index is 16.7. The van der Waals surface area contributed by atoms with Crippen molar-refractivity contribution in [3.63, 3.8) is 0 Å². The molecule has 10 aromatic carbocycles. The van der Waals surface area contributed by atoms with Crippen molar-refractivity contribution in [3.05, 3.63) is 273 Å². The minimum absolute atomic E-state index is 0.00226. The molecule has 3 aliphatic rings. The Morgan fingerprint density at radius 1 is 0.414 bits per heavy atom. The molecule has 0 saturated carbocycles. The summed E-state index contributed by atoms with van der Waals surface area (Å²) in [5.41, 5.74) is 15.9. The topological polar surface area (TPSA) is 159 Å². The molecule has 0 radical (unpaired) electrons. The first-order chi connectivity index (χ1) is 47.9. The van der Waals surface area contributed by atoms with Gasteiger partial charge in [-0.1, -0.05) is 97.1 Å². The zero-order valence-electron chi connectivity index (χ0n) is 57.3. The van der Waals surface area contributed by atoms with Gasteiger partial charge < -0.3 is 51.9 Å². The second-order valence-corrected chi connectivity index (χ2v) is 28.8. The van der Waals surface area contributed by atoms with E-state index < -0.39 is 36.7 Å². The Bertz CT molecular complexity index is 4310. The lowest BCUT2D eigenvalue weighted by molar-refractivity contribution is 0.00197. The van der Waals surface area contributed by atoms with E-state index in [1.807, 2.05) is 144 Å². The van der Waals surface area contributed by atoms with Crippen LogP contribution < -0.4 is 38.2 Å². The molecule has 0 aromatic heterocycles. The molecule has 13 rings (SSSR count). The Labute approximate surface area is 579 Å². The lowest BCUT2D eigenvalue weighted by Gasteiger charge is -2.41. The number of ether oxygens (including phenoxy) is 10. The molecule has 15 heteroatoms. The summed E-state index contributed by atoms with van der Waals surface area (Å²) >= 11 is 0. The van der Waals surface area contributed by atoms with Crippen molar-refractivity contribution in [1.29, 1.82) is 0 Å². The first-order valence-electron chi connectivity index (χ1n) is 33.6. The van der Waals surface area contributed by atoms with E-state index in [9.17, 15) is 9.59 Å². The largest absolute Gasteiger partial charge is 0.490 e. The minimum atomic E-state index is -3.99. The molecule has 0 N–H and O–H groups in total. The van der Waals surface area contributed by atoms with Crippen molar-refractivity contribution in [3.8, 4) is 73.6 Å². The van der Waals surface area contributed by atoms with Crippen molar-refractivity contribution in [2.45, 2.75) is 91.9 Å². The number of para-hydroxylation sites is 1. The molecule has 14 nitrogen and oxygen atoms in total. The van der Waals surface area contributed by atoms with Crippen molar-refractivity contribution >= 4 is 24.6 Å². The number of esters is 2. The third-order valence-electron chi connectivity index (χ3n) is 18.5. The van der Waals surface area contributed by atoms with E-state index in [0.29, 0.717) is 69.5 Å². The zero-order chi connectivity index (χ0) is 69.0. The molecule has 2 saturated heterocycles. The van der Waals surface area contributed by atoms with Gasteiger partial charge in [0.05, 0.1) is 29.6 Å². The molecular weight excluding hydrogens is 1260 g/mol. The van der Waals surface area contributed by atoms with E-state index in [-0.39, 0.29) is 38.6 Å². The molecule has 2 fully saturated rings. The fraction of sp³-hybridized carbons (Fsp3) is 0.262. The second kappa shape index (κ2) is 29.1. The smallest absolute Gasteiger partial charge is 0.338 e. The summed E-state index contributed by atoms with van der Waals surface area (Å²) in [4.78, 5) is 27.5. The van der Waals surface area contributed by atoms with Crippen LogP contribution in [0.1, 0.15) is 83.3 Å². The van der Waals surface area contributed by atoms with Gasteiger partial charge in [-0.2, -0.15) is 0 Å². The summed E-state index contributed by atoms with van der Waals surface area (Å²) in [5, 5.41) is -0.748. The second-order valence-electron chi connectivity index (χ2n) is 26.1. The van der Waals surface area contributed by atoms with Gasteiger partial charge in [-0.15, -0.1) is 0 Å². The molecule has 5 unspecified atom stereocenters. The maximum Gasteiger partial charge on any atom is 0.338 e. The molecule has 3 aliphatic heterocycles. The minimum Gasteiger partial charge on any atom is -0.490 e. The number of benzene rings is 10. The first kappa shape index (κ1) is 67.5. The van der Waals surface area contributed by atoms with Crippen molar-refractivity contribution in [2.24, 2.45) is 0 Å². The van der Waals surface area contributed by atoms with Crippen molar-refractivity contribution in [2.75, 3.05) is 52.9 Å². The Balaban J connectivity index is 0.746. The van der Waals surface area contributed by atoms with Crippen LogP contribution in [0.3, 0.4) is 0 Å². The van der Waals surface area contributed by atoms with Crippen LogP contribution in [0, 0.1) is 55.4 Å². The average molecular weight is 1350 g/mol. The number of epoxide rings is 2. The van der Waals surface area contributed by atoms with Crippen LogP contribution in [0.5, 0.6) is 40.2 Å². The van der Waals surface area contributed by atoms with E-state index >= 15 is 4.57 Å². The van der Waals surface area contributed by atoms with Gasteiger partial charge in [0.2, 0.25) is 0 Å². The molecule has 0 aliphatic carbocycles. The van der Waals surface area contributed by atoms with E-state index in [1.54, 1.807) is 48.5 Å². The lowest BCUT2D eigenvalue weighted by Crippen LogP contribution is -2.34. The number of hydrogen-bond acceptors (Lipinski definition) is 14. The quantitative estimate of drug-likeness (QED) is 0.0272. The van der Waals surface area contributed by atoms with Crippen LogP contribution in [0.15, 0.2) is 206 Å². The van der Waals surface area contributed by atoms with Gasteiger partial charge >= 0.3 is 11.9 Å². The van der Waals surface area contributed by atoms with Crippen LogP contribution in [-0.4, -0.2) is 89.2 Å². The summed E-state index contributed by atoms with van der Waals surface area (Å²) in [6, 6.07) is 64.9. The highest BCUT2D eigenvalue weighted by molar-refractivity contribution is 7.69. The van der Waals surface area contributed by atoms with Gasteiger partial charge in [-0.05, 0) is 255 Å². The number of aryl methyl sites for hydroxylation is 8. The van der Waals surface area contributed by atoms with Gasteiger partial charge in [-0.3, -0.25) is 4.57 Å². The summed E-state index contributed by atoms with van der Waals surface area (Å²) in [5.74, 6) is 3.55. The van der Waals surface area contributed by atoms with Crippen LogP contribution >= 0.6 is 7.37 Å². The average Bonchev–Trinajstić information content (AvgIpc) is 0.763. The highest BCUT2D eigenvalue weighted by Gasteiger charge is 2.54. The predicted octanol–water partition coefficient (Wildman–Crippen LogP) is 17.3. The van der Waals surface area contributed by atoms with Crippen molar-refractivity contribution < 1.29 is 66.0 Å². The molecule has 3 heterocycles. The Kier molecular flexibility index (Phi) is 19.9. The Hall–Kier alpha value is -10.1. The summed E-state index contributed by atoms with van der Waals surface area (Å²) in [6.07, 6.45) is -1.36. The van der Waals surface area contributed by atoms with E-state index in [1.165, 1.54) is 0 Å². The van der Waals surface area contributed by atoms with E-state index in [4.69, 9.17) is 51.9 Å². The molecule has 0 bridgehead atoms. The lowest BCUT2D eigenvalue weighted by atomic mass is 9.92. The van der Waals surface area contributed by atoms with E-state index in [2.05, 4.69) is 76.2 Å². The highest BCUT2D eigenvalue weighted by atomic mass is 31.2. The van der Waals surface area contributed by atoms with Gasteiger partial charge in [0, 0.05) is 5.56 Å². The maximum atomic E-state index is 16.7. The predicted molar refractivity (Wildman–Crippen MR) is 384 cm³/mol. The normalized spacial score (nSPS) is 16.9. The monoisotopic (exact) mass is 1340 g/mol. The number of carbonyl (C=O) groups excluding carboxylic acids is 2. The Morgan fingerprint density at radius 3 is 1.11 bits per heavy atom. The van der Waals surface area contributed by atoms with Gasteiger partial charge in [0.1, 0.15) is 97.3 Å². The molecule has 0 amide bonds. The fourth-order valence-corrected chi connectivity index (χ4v) is 16.1. The van der Waals surface area contributed by atoms with Crippen LogP contribution in [0.2, 0.25) is 0 Å². The summed E-state index contributed by atoms with van der Waals surface area (Å²) in [7, 11) is -3.99. The number of carbonyl (C=O) groups is 2.